The molecule has 0 saturated heterocycles. The highest BCUT2D eigenvalue weighted by Gasteiger charge is 2.22. The maximum atomic E-state index is 5.38. The van der Waals surface area contributed by atoms with Gasteiger partial charge in [0.05, 0.1) is 22.6 Å². The van der Waals surface area contributed by atoms with Gasteiger partial charge in [0.25, 0.3) is 0 Å². The molecule has 0 saturated carbocycles. The van der Waals surface area contributed by atoms with Crippen LogP contribution in [0.5, 0.6) is 0 Å². The van der Waals surface area contributed by atoms with Crippen LogP contribution < -0.4 is 0 Å². The van der Waals surface area contributed by atoms with Crippen LogP contribution in [-0.4, -0.2) is 19.6 Å². The van der Waals surface area contributed by atoms with E-state index in [1.165, 1.54) is 5.56 Å². The fourth-order valence-electron chi connectivity index (χ4n) is 8.40. The first-order valence-electron chi connectivity index (χ1n) is 20.6. The van der Waals surface area contributed by atoms with Crippen molar-refractivity contribution in [3.63, 3.8) is 0 Å². The van der Waals surface area contributed by atoms with E-state index in [4.69, 9.17) is 15.1 Å². The van der Waals surface area contributed by atoms with Gasteiger partial charge in [-0.2, -0.15) is 5.10 Å². The first-order valence-corrected chi connectivity index (χ1v) is 20.6. The van der Waals surface area contributed by atoms with E-state index in [2.05, 4.69) is 211 Å². The molecule has 0 unspecified atom stereocenters. The zero-order valence-corrected chi connectivity index (χ0v) is 33.2. The smallest absolute Gasteiger partial charge is 0.160 e. The van der Waals surface area contributed by atoms with Gasteiger partial charge in [0.15, 0.2) is 5.82 Å². The molecule has 0 radical (unpaired) electrons. The van der Waals surface area contributed by atoms with Gasteiger partial charge in [-0.1, -0.05) is 206 Å². The van der Waals surface area contributed by atoms with Gasteiger partial charge >= 0.3 is 0 Å². The summed E-state index contributed by atoms with van der Waals surface area (Å²) >= 11 is 0. The monoisotopic (exact) mass is 778 g/mol. The molecule has 0 aliphatic rings. The minimum Gasteiger partial charge on any atom is -0.231 e. The Morgan fingerprint density at radius 3 is 1.44 bits per heavy atom. The Bertz CT molecular complexity index is 3310. The molecule has 4 heteroatoms. The number of pyridine rings is 1. The molecule has 3 aromatic heterocycles. The van der Waals surface area contributed by atoms with Crippen LogP contribution in [0, 0.1) is 0 Å². The van der Waals surface area contributed by atoms with Crippen molar-refractivity contribution in [1.29, 1.82) is 0 Å². The average molecular weight is 779 g/mol. The van der Waals surface area contributed by atoms with E-state index in [0.29, 0.717) is 5.82 Å². The summed E-state index contributed by atoms with van der Waals surface area (Å²) in [6.45, 7) is 0. The lowest BCUT2D eigenvalue weighted by molar-refractivity contribution is 0.979. The zero-order valence-electron chi connectivity index (χ0n) is 33.2. The summed E-state index contributed by atoms with van der Waals surface area (Å²) in [4.78, 5) is 10.2. The van der Waals surface area contributed by atoms with E-state index in [-0.39, 0.29) is 0 Å². The van der Waals surface area contributed by atoms with Crippen molar-refractivity contribution < 1.29 is 0 Å². The molecule has 11 aromatic rings. The van der Waals surface area contributed by atoms with Gasteiger partial charge < -0.3 is 0 Å². The SMILES string of the molecule is c1ccc(-c2cccc(-c3cc(-c4ccc(-c5ccc6c(c5)cc(-c5ccccc5)n5nc(-c7ccccc7)c(-c7ccccc7)c65)cc4)nc(-c4ccccc4)n3)c2)cc1. The Balaban J connectivity index is 1.03. The first-order chi connectivity index (χ1) is 30.2. The summed E-state index contributed by atoms with van der Waals surface area (Å²) in [7, 11) is 0. The Labute approximate surface area is 354 Å². The highest BCUT2D eigenvalue weighted by Crippen LogP contribution is 2.42. The topological polar surface area (TPSA) is 43.1 Å². The second-order valence-electron chi connectivity index (χ2n) is 15.3. The van der Waals surface area contributed by atoms with Crippen LogP contribution in [-0.2, 0) is 0 Å². The summed E-state index contributed by atoms with van der Waals surface area (Å²) in [5, 5.41) is 7.67. The largest absolute Gasteiger partial charge is 0.231 e. The fraction of sp³-hybridized carbons (Fsp3) is 0. The van der Waals surface area contributed by atoms with E-state index in [0.717, 1.165) is 94.7 Å². The third kappa shape index (κ3) is 6.86. The highest BCUT2D eigenvalue weighted by atomic mass is 15.2. The lowest BCUT2D eigenvalue weighted by atomic mass is 9.95. The number of fused-ring (bicyclic) bond motifs is 3. The minimum atomic E-state index is 0.697. The third-order valence-corrected chi connectivity index (χ3v) is 11.4. The summed E-state index contributed by atoms with van der Waals surface area (Å²) in [6, 6.07) is 81.0. The molecule has 11 rings (SSSR count). The standard InChI is InChI=1S/C57H38N4/c1-6-17-39(18-7-1)46-27-16-28-48(35-46)52-38-51(58-57(59-52)45-25-14-5-15-26-45)41-31-29-40(30-32-41)47-33-34-50-49(36-47)37-53(42-19-8-2-9-20-42)61-56(50)54(43-21-10-3-11-22-43)55(60-61)44-23-12-4-13-24-44/h1-38H. The van der Waals surface area contributed by atoms with Crippen molar-refractivity contribution in [2.24, 2.45) is 0 Å². The molecule has 286 valence electrons. The Morgan fingerprint density at radius 1 is 0.311 bits per heavy atom. The molecule has 0 fully saturated rings. The number of rotatable bonds is 8. The van der Waals surface area contributed by atoms with Gasteiger partial charge in [0, 0.05) is 38.8 Å². The van der Waals surface area contributed by atoms with Gasteiger partial charge in [-0.25, -0.2) is 14.5 Å². The maximum Gasteiger partial charge on any atom is 0.160 e. The molecule has 0 spiro atoms. The number of hydrogen-bond acceptors (Lipinski definition) is 3. The second-order valence-corrected chi connectivity index (χ2v) is 15.3. The van der Waals surface area contributed by atoms with Crippen LogP contribution in [0.15, 0.2) is 231 Å². The van der Waals surface area contributed by atoms with Crippen LogP contribution in [0.2, 0.25) is 0 Å². The second kappa shape index (κ2) is 15.5. The lowest BCUT2D eigenvalue weighted by Crippen LogP contribution is -1.96. The van der Waals surface area contributed by atoms with E-state index in [9.17, 15) is 0 Å². The normalized spacial score (nSPS) is 11.3. The lowest BCUT2D eigenvalue weighted by Gasteiger charge is -2.13. The summed E-state index contributed by atoms with van der Waals surface area (Å²) in [5.74, 6) is 0.697. The van der Waals surface area contributed by atoms with E-state index < -0.39 is 0 Å². The fourth-order valence-corrected chi connectivity index (χ4v) is 8.40. The predicted octanol–water partition coefficient (Wildman–Crippen LogP) is 14.6. The van der Waals surface area contributed by atoms with Crippen LogP contribution in [0.3, 0.4) is 0 Å². The molecule has 4 nitrogen and oxygen atoms in total. The third-order valence-electron chi connectivity index (χ3n) is 11.4. The van der Waals surface area contributed by atoms with E-state index in [1.807, 2.05) is 24.3 Å². The molecule has 0 aliphatic heterocycles. The maximum absolute atomic E-state index is 5.38. The molecule has 0 N–H and O–H groups in total. The number of benzene rings is 8. The van der Waals surface area contributed by atoms with Gasteiger partial charge in [-0.3, -0.25) is 0 Å². The minimum absolute atomic E-state index is 0.697. The van der Waals surface area contributed by atoms with Gasteiger partial charge in [0.2, 0.25) is 0 Å². The molecule has 3 heterocycles. The van der Waals surface area contributed by atoms with Crippen molar-refractivity contribution >= 4 is 16.3 Å². The quantitative estimate of drug-likeness (QED) is 0.154. The zero-order chi connectivity index (χ0) is 40.5. The molecular formula is C57H38N4. The van der Waals surface area contributed by atoms with Crippen LogP contribution >= 0.6 is 0 Å². The molecule has 0 atom stereocenters. The van der Waals surface area contributed by atoms with E-state index in [1.54, 1.807) is 0 Å². The number of nitrogens with zero attached hydrogens (tertiary/aromatic N) is 4. The van der Waals surface area contributed by atoms with E-state index >= 15 is 0 Å². The Kier molecular flexibility index (Phi) is 9.14. The average Bonchev–Trinajstić information content (AvgIpc) is 3.76. The van der Waals surface area contributed by atoms with Gasteiger partial charge in [-0.05, 0) is 57.5 Å². The van der Waals surface area contributed by atoms with Crippen LogP contribution in [0.25, 0.3) is 106 Å². The first kappa shape index (κ1) is 35.9. The molecule has 61 heavy (non-hydrogen) atoms. The van der Waals surface area contributed by atoms with Crippen molar-refractivity contribution in [3.8, 4) is 89.8 Å². The molecule has 0 amide bonds. The predicted molar refractivity (Wildman–Crippen MR) is 252 cm³/mol. The Hall–Kier alpha value is -8.21. The van der Waals surface area contributed by atoms with Crippen molar-refractivity contribution in [2.45, 2.75) is 0 Å². The van der Waals surface area contributed by atoms with Gasteiger partial charge in [-0.15, -0.1) is 0 Å². The summed E-state index contributed by atoms with van der Waals surface area (Å²) in [6.07, 6.45) is 0. The van der Waals surface area contributed by atoms with Crippen LogP contribution in [0.1, 0.15) is 0 Å². The van der Waals surface area contributed by atoms with Crippen LogP contribution in [0.4, 0.5) is 0 Å². The molecular weight excluding hydrogens is 741 g/mol. The van der Waals surface area contributed by atoms with Crippen molar-refractivity contribution in [3.05, 3.63) is 231 Å². The van der Waals surface area contributed by atoms with Crippen molar-refractivity contribution in [1.82, 2.24) is 19.6 Å². The molecule has 8 aromatic carbocycles. The summed E-state index contributed by atoms with van der Waals surface area (Å²) in [5.41, 5.74) is 16.9. The highest BCUT2D eigenvalue weighted by molar-refractivity contribution is 6.09. The number of aromatic nitrogens is 4. The Morgan fingerprint density at radius 2 is 0.787 bits per heavy atom. The van der Waals surface area contributed by atoms with Crippen molar-refractivity contribution in [2.75, 3.05) is 0 Å². The molecule has 0 bridgehead atoms. The summed E-state index contributed by atoms with van der Waals surface area (Å²) < 4.78 is 2.15. The van der Waals surface area contributed by atoms with Gasteiger partial charge in [0.1, 0.15) is 5.69 Å². The molecule has 0 aliphatic carbocycles. The number of hydrogen-bond donors (Lipinski definition) is 0.